The van der Waals surface area contributed by atoms with Gasteiger partial charge < -0.3 is 4.90 Å². The molecule has 0 radical (unpaired) electrons. The topological polar surface area (TPSA) is 33.2 Å². The molecule has 19 heavy (non-hydrogen) atoms. The van der Waals surface area contributed by atoms with Crippen molar-refractivity contribution in [2.75, 3.05) is 11.4 Å². The molecule has 0 spiro atoms. The van der Waals surface area contributed by atoms with Gasteiger partial charge in [-0.15, -0.1) is 0 Å². The number of aldehydes is 1. The molecule has 1 aromatic heterocycles. The van der Waals surface area contributed by atoms with Gasteiger partial charge in [0.1, 0.15) is 0 Å². The summed E-state index contributed by atoms with van der Waals surface area (Å²) in [6.07, 6.45) is 2.67. The predicted molar refractivity (Wildman–Crippen MR) is 80.5 cm³/mol. The monoisotopic (exact) mass is 318 g/mol. The minimum Gasteiger partial charge on any atom is -0.365 e. The minimum atomic E-state index is 0.687. The molecule has 0 aliphatic rings. The maximum Gasteiger partial charge on any atom is 0.152 e. The summed E-state index contributed by atoms with van der Waals surface area (Å²) in [6, 6.07) is 11.6. The van der Waals surface area contributed by atoms with Crippen molar-refractivity contribution >= 4 is 27.9 Å². The number of carbonyl (C=O) groups excluding carboxylic acids is 1. The number of anilines is 1. The van der Waals surface area contributed by atoms with Crippen LogP contribution in [-0.2, 0) is 6.54 Å². The van der Waals surface area contributed by atoms with Crippen LogP contribution in [0.1, 0.15) is 23.0 Å². The van der Waals surface area contributed by atoms with Crippen molar-refractivity contribution in [1.82, 2.24) is 4.98 Å². The molecule has 0 fully saturated rings. The summed E-state index contributed by atoms with van der Waals surface area (Å²) in [5.74, 6) is 0. The summed E-state index contributed by atoms with van der Waals surface area (Å²) in [4.78, 5) is 17.7. The van der Waals surface area contributed by atoms with Crippen molar-refractivity contribution < 1.29 is 4.79 Å². The van der Waals surface area contributed by atoms with E-state index < -0.39 is 0 Å². The third-order valence-electron chi connectivity index (χ3n) is 2.92. The minimum absolute atomic E-state index is 0.687. The van der Waals surface area contributed by atoms with Gasteiger partial charge in [0.2, 0.25) is 0 Å². The number of nitrogens with zero attached hydrogens (tertiary/aromatic N) is 2. The number of hydrogen-bond acceptors (Lipinski definition) is 3. The normalized spacial score (nSPS) is 10.2. The molecule has 0 bridgehead atoms. The number of carbonyl (C=O) groups is 1. The van der Waals surface area contributed by atoms with Crippen LogP contribution in [0.2, 0.25) is 0 Å². The van der Waals surface area contributed by atoms with E-state index in [0.717, 1.165) is 28.7 Å². The Bertz CT molecular complexity index is 557. The first kappa shape index (κ1) is 13.7. The second-order valence-electron chi connectivity index (χ2n) is 4.16. The first-order valence-electron chi connectivity index (χ1n) is 6.14. The van der Waals surface area contributed by atoms with E-state index in [-0.39, 0.29) is 0 Å². The number of hydrogen-bond donors (Lipinski definition) is 0. The molecule has 1 aromatic carbocycles. The molecule has 0 amide bonds. The van der Waals surface area contributed by atoms with Gasteiger partial charge in [0, 0.05) is 28.5 Å². The Hall–Kier alpha value is -1.68. The van der Waals surface area contributed by atoms with E-state index in [9.17, 15) is 4.79 Å². The Morgan fingerprint density at radius 2 is 2.16 bits per heavy atom. The van der Waals surface area contributed by atoms with Crippen LogP contribution in [0.5, 0.6) is 0 Å². The summed E-state index contributed by atoms with van der Waals surface area (Å²) in [6.45, 7) is 3.58. The lowest BCUT2D eigenvalue weighted by molar-refractivity contribution is 0.112. The van der Waals surface area contributed by atoms with Crippen molar-refractivity contribution in [2.24, 2.45) is 0 Å². The molecular formula is C15H15BrN2O. The number of halogens is 1. The van der Waals surface area contributed by atoms with E-state index in [1.807, 2.05) is 36.4 Å². The van der Waals surface area contributed by atoms with Crippen LogP contribution in [0.15, 0.2) is 47.1 Å². The van der Waals surface area contributed by atoms with Gasteiger partial charge in [-0.3, -0.25) is 9.78 Å². The highest BCUT2D eigenvalue weighted by Gasteiger charge is 2.11. The van der Waals surface area contributed by atoms with Crippen LogP contribution >= 0.6 is 15.9 Å². The average Bonchev–Trinajstić information content (AvgIpc) is 2.46. The van der Waals surface area contributed by atoms with Gasteiger partial charge in [-0.1, -0.05) is 22.0 Å². The number of benzene rings is 1. The second kappa shape index (κ2) is 6.48. The maximum atomic E-state index is 11.2. The van der Waals surface area contributed by atoms with E-state index in [2.05, 4.69) is 32.7 Å². The maximum absolute atomic E-state index is 11.2. The predicted octanol–water partition coefficient (Wildman–Crippen LogP) is 3.68. The summed E-state index contributed by atoms with van der Waals surface area (Å²) in [5.41, 5.74) is 2.61. The Balaban J connectivity index is 2.29. The summed E-state index contributed by atoms with van der Waals surface area (Å²) >= 11 is 3.39. The van der Waals surface area contributed by atoms with Gasteiger partial charge in [-0.25, -0.2) is 0 Å². The Morgan fingerprint density at radius 3 is 2.79 bits per heavy atom. The van der Waals surface area contributed by atoms with Crippen molar-refractivity contribution in [3.8, 4) is 0 Å². The molecule has 0 aliphatic carbocycles. The molecule has 1 heterocycles. The molecule has 0 atom stereocenters. The molecule has 2 rings (SSSR count). The van der Waals surface area contributed by atoms with Crippen molar-refractivity contribution in [1.29, 1.82) is 0 Å². The zero-order valence-electron chi connectivity index (χ0n) is 10.7. The van der Waals surface area contributed by atoms with Crippen LogP contribution in [0, 0.1) is 0 Å². The quantitative estimate of drug-likeness (QED) is 0.788. The van der Waals surface area contributed by atoms with Crippen LogP contribution in [0.3, 0.4) is 0 Å². The lowest BCUT2D eigenvalue weighted by Crippen LogP contribution is -2.23. The second-order valence-corrected chi connectivity index (χ2v) is 5.07. The number of rotatable bonds is 5. The van der Waals surface area contributed by atoms with Crippen molar-refractivity contribution in [3.63, 3.8) is 0 Å². The summed E-state index contributed by atoms with van der Waals surface area (Å²) in [5, 5.41) is 0. The van der Waals surface area contributed by atoms with E-state index >= 15 is 0 Å². The molecule has 98 valence electrons. The zero-order chi connectivity index (χ0) is 13.7. The molecule has 0 unspecified atom stereocenters. The van der Waals surface area contributed by atoms with Crippen molar-refractivity contribution in [3.05, 3.63) is 58.3 Å². The standard InChI is InChI=1S/C15H15BrN2O/c1-2-18(10-14-5-3-4-8-17-14)15-7-6-13(16)9-12(15)11-19/h3-9,11H,2,10H2,1H3. The highest BCUT2D eigenvalue weighted by atomic mass is 79.9. The van der Waals surface area contributed by atoms with E-state index in [1.54, 1.807) is 6.20 Å². The lowest BCUT2D eigenvalue weighted by Gasteiger charge is -2.24. The molecule has 2 aromatic rings. The fraction of sp³-hybridized carbons (Fsp3) is 0.200. The first-order valence-corrected chi connectivity index (χ1v) is 6.93. The number of aromatic nitrogens is 1. The van der Waals surface area contributed by atoms with Crippen LogP contribution in [-0.4, -0.2) is 17.8 Å². The third kappa shape index (κ3) is 3.41. The van der Waals surface area contributed by atoms with Gasteiger partial charge in [0.25, 0.3) is 0 Å². The van der Waals surface area contributed by atoms with E-state index in [4.69, 9.17) is 0 Å². The molecule has 0 saturated carbocycles. The molecule has 0 N–H and O–H groups in total. The molecule has 0 saturated heterocycles. The van der Waals surface area contributed by atoms with Gasteiger partial charge >= 0.3 is 0 Å². The van der Waals surface area contributed by atoms with Gasteiger partial charge in [0.05, 0.1) is 12.2 Å². The Morgan fingerprint density at radius 1 is 1.32 bits per heavy atom. The average molecular weight is 319 g/mol. The van der Waals surface area contributed by atoms with Crippen LogP contribution in [0.4, 0.5) is 5.69 Å². The fourth-order valence-corrected chi connectivity index (χ4v) is 2.34. The Kier molecular flexibility index (Phi) is 4.68. The van der Waals surface area contributed by atoms with Crippen LogP contribution < -0.4 is 4.90 Å². The van der Waals surface area contributed by atoms with Crippen molar-refractivity contribution in [2.45, 2.75) is 13.5 Å². The summed E-state index contributed by atoms with van der Waals surface area (Å²) < 4.78 is 0.909. The molecular weight excluding hydrogens is 304 g/mol. The highest BCUT2D eigenvalue weighted by Crippen LogP contribution is 2.24. The molecule has 0 aliphatic heterocycles. The molecule has 3 nitrogen and oxygen atoms in total. The van der Waals surface area contributed by atoms with E-state index in [1.165, 1.54) is 0 Å². The molecule has 4 heteroatoms. The lowest BCUT2D eigenvalue weighted by atomic mass is 10.1. The largest absolute Gasteiger partial charge is 0.365 e. The highest BCUT2D eigenvalue weighted by molar-refractivity contribution is 9.10. The van der Waals surface area contributed by atoms with Gasteiger partial charge in [-0.05, 0) is 37.3 Å². The van der Waals surface area contributed by atoms with E-state index in [0.29, 0.717) is 12.1 Å². The first-order chi connectivity index (χ1) is 9.24. The third-order valence-corrected chi connectivity index (χ3v) is 3.41. The Labute approximate surface area is 121 Å². The summed E-state index contributed by atoms with van der Waals surface area (Å²) in [7, 11) is 0. The zero-order valence-corrected chi connectivity index (χ0v) is 12.3. The van der Waals surface area contributed by atoms with Gasteiger partial charge in [-0.2, -0.15) is 0 Å². The SMILES string of the molecule is CCN(Cc1ccccn1)c1ccc(Br)cc1C=O. The number of pyridine rings is 1. The van der Waals surface area contributed by atoms with Crippen LogP contribution in [0.25, 0.3) is 0 Å². The smallest absolute Gasteiger partial charge is 0.152 e. The van der Waals surface area contributed by atoms with Gasteiger partial charge in [0.15, 0.2) is 6.29 Å². The fourth-order valence-electron chi connectivity index (χ4n) is 1.96.